The molecule has 0 saturated carbocycles. The van der Waals surface area contributed by atoms with Crippen molar-refractivity contribution in [2.45, 2.75) is 33.2 Å². The third-order valence-electron chi connectivity index (χ3n) is 3.78. The number of rotatable bonds is 4. The Morgan fingerprint density at radius 1 is 1.00 bits per heavy atom. The minimum Gasteiger partial charge on any atom is -0.324 e. The van der Waals surface area contributed by atoms with Gasteiger partial charge in [0.15, 0.2) is 0 Å². The highest BCUT2D eigenvalue weighted by Gasteiger charge is 2.13. The summed E-state index contributed by atoms with van der Waals surface area (Å²) in [6.45, 7) is 5.41. The Kier molecular flexibility index (Phi) is 3.55. The van der Waals surface area contributed by atoms with Gasteiger partial charge in [-0.1, -0.05) is 49.7 Å². The molecular weight excluding hydrogens is 244 g/mol. The molecule has 2 nitrogen and oxygen atoms in total. The lowest BCUT2D eigenvalue weighted by atomic mass is 10.1. The Labute approximate surface area is 120 Å². The van der Waals surface area contributed by atoms with Crippen LogP contribution in [0, 0.1) is 6.92 Å². The van der Waals surface area contributed by atoms with Crippen LogP contribution in [0.1, 0.15) is 25.3 Å². The first-order valence-corrected chi connectivity index (χ1v) is 7.32. The second kappa shape index (κ2) is 5.49. The molecule has 1 aromatic heterocycles. The Balaban J connectivity index is 2.21. The second-order valence-electron chi connectivity index (χ2n) is 5.24. The number of fused-ring (bicyclic) bond motifs is 1. The van der Waals surface area contributed by atoms with E-state index in [1.807, 2.05) is 0 Å². The predicted molar refractivity (Wildman–Crippen MR) is 84.8 cm³/mol. The summed E-state index contributed by atoms with van der Waals surface area (Å²) in [5.74, 6) is 1.10. The number of benzene rings is 2. The van der Waals surface area contributed by atoms with Gasteiger partial charge in [-0.2, -0.15) is 0 Å². The summed E-state index contributed by atoms with van der Waals surface area (Å²) in [6, 6.07) is 16.9. The van der Waals surface area contributed by atoms with Gasteiger partial charge in [-0.15, -0.1) is 0 Å². The fourth-order valence-corrected chi connectivity index (χ4v) is 2.65. The van der Waals surface area contributed by atoms with Crippen LogP contribution < -0.4 is 0 Å². The topological polar surface area (TPSA) is 17.8 Å². The molecule has 3 aromatic rings. The minimum atomic E-state index is 1.03. The zero-order valence-electron chi connectivity index (χ0n) is 12.1. The van der Waals surface area contributed by atoms with Crippen LogP contribution in [0.5, 0.6) is 0 Å². The van der Waals surface area contributed by atoms with E-state index in [9.17, 15) is 0 Å². The van der Waals surface area contributed by atoms with Gasteiger partial charge in [0.05, 0.1) is 11.0 Å². The maximum Gasteiger partial charge on any atom is 0.141 e. The molecule has 0 radical (unpaired) electrons. The van der Waals surface area contributed by atoms with E-state index in [0.29, 0.717) is 0 Å². The van der Waals surface area contributed by atoms with Crippen molar-refractivity contribution in [2.75, 3.05) is 0 Å². The van der Waals surface area contributed by atoms with Crippen molar-refractivity contribution in [3.63, 3.8) is 0 Å². The first-order valence-electron chi connectivity index (χ1n) is 7.32. The van der Waals surface area contributed by atoms with Crippen LogP contribution in [0.2, 0.25) is 0 Å². The maximum absolute atomic E-state index is 4.86. The van der Waals surface area contributed by atoms with Gasteiger partial charge in [-0.25, -0.2) is 4.98 Å². The molecule has 0 amide bonds. The summed E-state index contributed by atoms with van der Waals surface area (Å²) < 4.78 is 2.36. The highest BCUT2D eigenvalue weighted by atomic mass is 15.1. The molecule has 2 heteroatoms. The predicted octanol–water partition coefficient (Wildman–Crippen LogP) is 4.81. The number of nitrogens with zero attached hydrogens (tertiary/aromatic N) is 2. The lowest BCUT2D eigenvalue weighted by Gasteiger charge is -2.10. The molecular formula is C18H20N2. The Hall–Kier alpha value is -2.09. The van der Waals surface area contributed by atoms with Gasteiger partial charge in [0, 0.05) is 12.1 Å². The van der Waals surface area contributed by atoms with Crippen LogP contribution in [0.25, 0.3) is 22.4 Å². The molecule has 0 bridgehead atoms. The van der Waals surface area contributed by atoms with E-state index in [1.165, 1.54) is 29.5 Å². The normalized spacial score (nSPS) is 11.1. The molecule has 0 spiro atoms. The van der Waals surface area contributed by atoms with Gasteiger partial charge in [-0.3, -0.25) is 0 Å². The molecule has 0 aliphatic rings. The number of hydrogen-bond donors (Lipinski definition) is 0. The smallest absolute Gasteiger partial charge is 0.141 e. The fraction of sp³-hybridized carbons (Fsp3) is 0.278. The van der Waals surface area contributed by atoms with Gasteiger partial charge in [-0.05, 0) is 31.0 Å². The van der Waals surface area contributed by atoms with Crippen molar-refractivity contribution in [1.82, 2.24) is 9.55 Å². The highest BCUT2D eigenvalue weighted by molar-refractivity contribution is 5.81. The summed E-state index contributed by atoms with van der Waals surface area (Å²) in [7, 11) is 0. The van der Waals surface area contributed by atoms with Gasteiger partial charge >= 0.3 is 0 Å². The zero-order valence-corrected chi connectivity index (χ0v) is 12.1. The summed E-state index contributed by atoms with van der Waals surface area (Å²) >= 11 is 0. The standard InChI is InChI=1S/C18H20N2/c1-3-4-13-20-17-12-8-7-11-16(17)19-18(20)15-10-6-5-9-14(15)2/h5-12H,3-4,13H2,1-2H3. The second-order valence-corrected chi connectivity index (χ2v) is 5.24. The van der Waals surface area contributed by atoms with Crippen molar-refractivity contribution < 1.29 is 0 Å². The molecule has 2 aromatic carbocycles. The molecule has 0 saturated heterocycles. The Morgan fingerprint density at radius 2 is 1.75 bits per heavy atom. The van der Waals surface area contributed by atoms with Gasteiger partial charge < -0.3 is 4.57 Å². The van der Waals surface area contributed by atoms with E-state index in [4.69, 9.17) is 4.98 Å². The maximum atomic E-state index is 4.86. The summed E-state index contributed by atoms with van der Waals surface area (Å²) in [5.41, 5.74) is 4.83. The van der Waals surface area contributed by atoms with E-state index < -0.39 is 0 Å². The Morgan fingerprint density at radius 3 is 2.55 bits per heavy atom. The van der Waals surface area contributed by atoms with Gasteiger partial charge in [0.25, 0.3) is 0 Å². The number of unbranched alkanes of at least 4 members (excludes halogenated alkanes) is 1. The largest absolute Gasteiger partial charge is 0.324 e. The van der Waals surface area contributed by atoms with Crippen LogP contribution >= 0.6 is 0 Å². The van der Waals surface area contributed by atoms with Crippen LogP contribution in [0.15, 0.2) is 48.5 Å². The van der Waals surface area contributed by atoms with Crippen LogP contribution in [-0.4, -0.2) is 9.55 Å². The molecule has 0 unspecified atom stereocenters. The van der Waals surface area contributed by atoms with Crippen LogP contribution in [0.3, 0.4) is 0 Å². The number of aromatic nitrogens is 2. The van der Waals surface area contributed by atoms with Crippen molar-refractivity contribution >= 4 is 11.0 Å². The quantitative estimate of drug-likeness (QED) is 0.661. The number of aryl methyl sites for hydroxylation is 2. The van der Waals surface area contributed by atoms with Crippen molar-refractivity contribution in [3.05, 3.63) is 54.1 Å². The van der Waals surface area contributed by atoms with Crippen molar-refractivity contribution in [3.8, 4) is 11.4 Å². The molecule has 102 valence electrons. The molecule has 20 heavy (non-hydrogen) atoms. The highest BCUT2D eigenvalue weighted by Crippen LogP contribution is 2.27. The SMILES string of the molecule is CCCCn1c(-c2ccccc2C)nc2ccccc21. The third kappa shape index (κ3) is 2.22. The molecule has 0 atom stereocenters. The first kappa shape index (κ1) is 12.9. The molecule has 0 N–H and O–H groups in total. The molecule has 0 aliphatic carbocycles. The van der Waals surface area contributed by atoms with E-state index in [2.05, 4.69) is 66.9 Å². The first-order chi connectivity index (χ1) is 9.81. The van der Waals surface area contributed by atoms with Crippen LogP contribution in [-0.2, 0) is 6.54 Å². The van der Waals surface area contributed by atoms with Gasteiger partial charge in [0.1, 0.15) is 5.82 Å². The van der Waals surface area contributed by atoms with Crippen LogP contribution in [0.4, 0.5) is 0 Å². The molecule has 0 fully saturated rings. The van der Waals surface area contributed by atoms with E-state index in [0.717, 1.165) is 17.9 Å². The summed E-state index contributed by atoms with van der Waals surface area (Å²) in [6.07, 6.45) is 2.37. The molecule has 1 heterocycles. The monoisotopic (exact) mass is 264 g/mol. The minimum absolute atomic E-state index is 1.03. The van der Waals surface area contributed by atoms with E-state index >= 15 is 0 Å². The van der Waals surface area contributed by atoms with E-state index in [-0.39, 0.29) is 0 Å². The van der Waals surface area contributed by atoms with Crippen molar-refractivity contribution in [2.24, 2.45) is 0 Å². The van der Waals surface area contributed by atoms with E-state index in [1.54, 1.807) is 0 Å². The average Bonchev–Trinajstić information content (AvgIpc) is 2.84. The average molecular weight is 264 g/mol. The fourth-order valence-electron chi connectivity index (χ4n) is 2.65. The Bertz CT molecular complexity index is 725. The molecule has 3 rings (SSSR count). The number of para-hydroxylation sites is 2. The number of hydrogen-bond acceptors (Lipinski definition) is 1. The lowest BCUT2D eigenvalue weighted by molar-refractivity contribution is 0.651. The lowest BCUT2D eigenvalue weighted by Crippen LogP contribution is -2.01. The summed E-state index contributed by atoms with van der Waals surface area (Å²) in [5, 5.41) is 0. The van der Waals surface area contributed by atoms with Gasteiger partial charge in [0.2, 0.25) is 0 Å². The third-order valence-corrected chi connectivity index (χ3v) is 3.78. The summed E-state index contributed by atoms with van der Waals surface area (Å²) in [4.78, 5) is 4.86. The number of imidazole rings is 1. The molecule has 0 aliphatic heterocycles. The van der Waals surface area contributed by atoms with Crippen molar-refractivity contribution in [1.29, 1.82) is 0 Å². The zero-order chi connectivity index (χ0) is 13.9.